The van der Waals surface area contributed by atoms with Crippen molar-refractivity contribution in [2.24, 2.45) is 5.92 Å². The molecule has 0 bridgehead atoms. The number of aliphatic carboxylic acids is 1. The number of aliphatic hydroxyl groups is 1. The summed E-state index contributed by atoms with van der Waals surface area (Å²) in [5.41, 5.74) is 0. The predicted octanol–water partition coefficient (Wildman–Crippen LogP) is -0.637. The van der Waals surface area contributed by atoms with Crippen molar-refractivity contribution in [3.63, 3.8) is 0 Å². The zero-order chi connectivity index (χ0) is 11.3. The van der Waals surface area contributed by atoms with E-state index in [1.165, 1.54) is 6.42 Å². The smallest absolute Gasteiger partial charge is 0.306 e. The Morgan fingerprint density at radius 1 is 1.67 bits per heavy atom. The minimum absolute atomic E-state index is 0.183. The third kappa shape index (κ3) is 5.11. The van der Waals surface area contributed by atoms with Gasteiger partial charge in [-0.3, -0.25) is 4.79 Å². The van der Waals surface area contributed by atoms with E-state index >= 15 is 0 Å². The third-order valence-corrected chi connectivity index (χ3v) is 2.71. The summed E-state index contributed by atoms with van der Waals surface area (Å²) in [5.74, 6) is -0.322. The number of rotatable bonds is 6. The first-order chi connectivity index (χ1) is 7.08. The molecule has 0 spiro atoms. The lowest BCUT2D eigenvalue weighted by Crippen LogP contribution is -2.32. The average Bonchev–Trinajstić information content (AvgIpc) is 2.50. The lowest BCUT2D eigenvalue weighted by atomic mass is 10.1. The van der Waals surface area contributed by atoms with Crippen molar-refractivity contribution in [2.45, 2.75) is 18.9 Å². The van der Waals surface area contributed by atoms with Crippen molar-refractivity contribution >= 4 is 5.97 Å². The second-order valence-electron chi connectivity index (χ2n) is 4.33. The molecule has 0 aromatic heterocycles. The van der Waals surface area contributed by atoms with Crippen molar-refractivity contribution in [1.82, 2.24) is 10.2 Å². The Hall–Kier alpha value is -0.650. The van der Waals surface area contributed by atoms with E-state index in [0.717, 1.165) is 19.6 Å². The molecule has 15 heavy (non-hydrogen) atoms. The maximum atomic E-state index is 10.3. The van der Waals surface area contributed by atoms with Crippen LogP contribution in [0.5, 0.6) is 0 Å². The number of nitrogens with one attached hydrogen (secondary N) is 1. The first kappa shape index (κ1) is 12.4. The Morgan fingerprint density at radius 3 is 2.93 bits per heavy atom. The van der Waals surface area contributed by atoms with E-state index < -0.39 is 12.1 Å². The Labute approximate surface area is 90.1 Å². The van der Waals surface area contributed by atoms with Crippen molar-refractivity contribution in [2.75, 3.05) is 33.2 Å². The van der Waals surface area contributed by atoms with Crippen LogP contribution in [0.15, 0.2) is 0 Å². The molecular formula is C10H20N2O3. The molecule has 5 heteroatoms. The van der Waals surface area contributed by atoms with Gasteiger partial charge in [-0.25, -0.2) is 0 Å². The van der Waals surface area contributed by atoms with E-state index in [4.69, 9.17) is 5.11 Å². The fourth-order valence-electron chi connectivity index (χ4n) is 1.92. The Morgan fingerprint density at radius 2 is 2.40 bits per heavy atom. The molecule has 0 aromatic carbocycles. The summed E-state index contributed by atoms with van der Waals surface area (Å²) in [7, 11) is 2.10. The third-order valence-electron chi connectivity index (χ3n) is 2.71. The molecule has 1 heterocycles. The van der Waals surface area contributed by atoms with Gasteiger partial charge >= 0.3 is 5.97 Å². The molecule has 1 fully saturated rings. The molecule has 1 aliphatic rings. The molecule has 0 saturated carbocycles. The number of hydrogen-bond donors (Lipinski definition) is 3. The Kier molecular flexibility index (Phi) is 5.01. The van der Waals surface area contributed by atoms with E-state index in [-0.39, 0.29) is 6.42 Å². The van der Waals surface area contributed by atoms with Gasteiger partial charge in [-0.2, -0.15) is 0 Å². The maximum Gasteiger partial charge on any atom is 0.306 e. The summed E-state index contributed by atoms with van der Waals surface area (Å²) in [4.78, 5) is 12.6. The van der Waals surface area contributed by atoms with Gasteiger partial charge in [-0.05, 0) is 32.5 Å². The van der Waals surface area contributed by atoms with E-state index in [9.17, 15) is 9.90 Å². The van der Waals surface area contributed by atoms with Crippen LogP contribution in [0.1, 0.15) is 12.8 Å². The fourth-order valence-corrected chi connectivity index (χ4v) is 1.92. The molecule has 3 N–H and O–H groups in total. The normalized spacial score (nSPS) is 24.3. The van der Waals surface area contributed by atoms with Gasteiger partial charge in [0.25, 0.3) is 0 Å². The van der Waals surface area contributed by atoms with Gasteiger partial charge in [0.1, 0.15) is 0 Å². The van der Waals surface area contributed by atoms with Crippen molar-refractivity contribution < 1.29 is 15.0 Å². The summed E-state index contributed by atoms with van der Waals surface area (Å²) in [6, 6.07) is 0. The van der Waals surface area contributed by atoms with E-state index in [0.29, 0.717) is 12.5 Å². The summed E-state index contributed by atoms with van der Waals surface area (Å²) in [6.45, 7) is 3.44. The first-order valence-electron chi connectivity index (χ1n) is 5.37. The van der Waals surface area contributed by atoms with E-state index in [1.807, 2.05) is 0 Å². The molecule has 0 aliphatic carbocycles. The number of likely N-dealkylation sites (tertiary alicyclic amines) is 1. The highest BCUT2D eigenvalue weighted by Gasteiger charge is 2.19. The topological polar surface area (TPSA) is 72.8 Å². The molecule has 1 rings (SSSR count). The van der Waals surface area contributed by atoms with Crippen molar-refractivity contribution in [3.8, 4) is 0 Å². The van der Waals surface area contributed by atoms with Crippen LogP contribution in [0.25, 0.3) is 0 Å². The number of aliphatic hydroxyl groups excluding tert-OH is 1. The summed E-state index contributed by atoms with van der Waals surface area (Å²) in [6.07, 6.45) is 0.220. The van der Waals surface area contributed by atoms with Crippen LogP contribution in [0.3, 0.4) is 0 Å². The molecule has 1 aliphatic heterocycles. The maximum absolute atomic E-state index is 10.3. The Balaban J connectivity index is 2.03. The molecule has 0 radical (unpaired) electrons. The van der Waals surface area contributed by atoms with Crippen LogP contribution >= 0.6 is 0 Å². The van der Waals surface area contributed by atoms with Crippen LogP contribution in [0.4, 0.5) is 0 Å². The second-order valence-corrected chi connectivity index (χ2v) is 4.33. The van der Waals surface area contributed by atoms with Crippen LogP contribution in [-0.4, -0.2) is 60.4 Å². The zero-order valence-electron chi connectivity index (χ0n) is 9.15. The van der Waals surface area contributed by atoms with Gasteiger partial charge in [-0.1, -0.05) is 0 Å². The molecule has 0 amide bonds. The lowest BCUT2D eigenvalue weighted by molar-refractivity contribution is -0.139. The fraction of sp³-hybridized carbons (Fsp3) is 0.900. The molecule has 2 unspecified atom stereocenters. The summed E-state index contributed by atoms with van der Waals surface area (Å²) < 4.78 is 0. The largest absolute Gasteiger partial charge is 0.481 e. The first-order valence-corrected chi connectivity index (χ1v) is 5.37. The molecule has 2 atom stereocenters. The Bertz CT molecular complexity index is 211. The van der Waals surface area contributed by atoms with E-state index in [2.05, 4.69) is 17.3 Å². The number of hydrogen-bond acceptors (Lipinski definition) is 4. The van der Waals surface area contributed by atoms with Crippen molar-refractivity contribution in [1.29, 1.82) is 0 Å². The van der Waals surface area contributed by atoms with Gasteiger partial charge < -0.3 is 20.4 Å². The quantitative estimate of drug-likeness (QED) is 0.551. The molecular weight excluding hydrogens is 196 g/mol. The van der Waals surface area contributed by atoms with Gasteiger partial charge in [0.2, 0.25) is 0 Å². The van der Waals surface area contributed by atoms with E-state index in [1.54, 1.807) is 0 Å². The van der Waals surface area contributed by atoms with Crippen molar-refractivity contribution in [3.05, 3.63) is 0 Å². The number of carbonyl (C=O) groups is 1. The predicted molar refractivity (Wildman–Crippen MR) is 56.7 cm³/mol. The second kappa shape index (κ2) is 6.05. The zero-order valence-corrected chi connectivity index (χ0v) is 9.15. The molecule has 0 aromatic rings. The van der Waals surface area contributed by atoms with Crippen LogP contribution in [-0.2, 0) is 4.79 Å². The number of carboxylic acids is 1. The number of nitrogens with zero attached hydrogens (tertiary/aromatic N) is 1. The minimum atomic E-state index is -0.954. The van der Waals surface area contributed by atoms with Crippen LogP contribution in [0, 0.1) is 5.92 Å². The molecule has 5 nitrogen and oxygen atoms in total. The van der Waals surface area contributed by atoms with Gasteiger partial charge in [0, 0.05) is 13.1 Å². The number of carboxylic acid groups (broad SMARTS) is 1. The average molecular weight is 216 g/mol. The molecule has 88 valence electrons. The minimum Gasteiger partial charge on any atom is -0.481 e. The lowest BCUT2D eigenvalue weighted by Gasteiger charge is -2.13. The summed E-state index contributed by atoms with van der Waals surface area (Å²) in [5, 5.41) is 20.8. The SMILES string of the molecule is CN1CCC(CNCC(O)CC(=O)O)C1. The van der Waals surface area contributed by atoms with Gasteiger partial charge in [0.05, 0.1) is 12.5 Å². The highest BCUT2D eigenvalue weighted by atomic mass is 16.4. The molecule has 1 saturated heterocycles. The van der Waals surface area contributed by atoms with Gasteiger partial charge in [0.15, 0.2) is 0 Å². The standard InChI is InChI=1S/C10H20N2O3/c1-12-3-2-8(7-12)5-11-6-9(13)4-10(14)15/h8-9,11,13H,2-7H2,1H3,(H,14,15). The van der Waals surface area contributed by atoms with Gasteiger partial charge in [-0.15, -0.1) is 0 Å². The highest BCUT2D eigenvalue weighted by Crippen LogP contribution is 2.12. The summed E-state index contributed by atoms with van der Waals surface area (Å²) >= 11 is 0. The van der Waals surface area contributed by atoms with Crippen LogP contribution in [0.2, 0.25) is 0 Å². The van der Waals surface area contributed by atoms with Crippen LogP contribution < -0.4 is 5.32 Å². The monoisotopic (exact) mass is 216 g/mol. The highest BCUT2D eigenvalue weighted by molar-refractivity contribution is 5.67.